The molecule has 1 aromatic rings. The monoisotopic (exact) mass is 292 g/mol. The molecule has 1 saturated heterocycles. The molecule has 3 rings (SSSR count). The zero-order chi connectivity index (χ0) is 14.2. The highest BCUT2D eigenvalue weighted by atomic mass is 32.1. The van der Waals surface area contributed by atoms with E-state index in [4.69, 9.17) is 4.98 Å². The van der Waals surface area contributed by atoms with Crippen LogP contribution in [-0.4, -0.2) is 11.5 Å². The molecule has 20 heavy (non-hydrogen) atoms. The first-order chi connectivity index (χ1) is 9.54. The fourth-order valence-electron chi connectivity index (χ4n) is 3.79. The number of aromatic nitrogens is 1. The standard InChI is InChI=1S/C17H28N2S/c1-17(2,3)13-8-6-12(7-9-13)16-19-15(11-20-16)14-5-4-10-18-14/h11-14,18H,4-10H2,1-3H3/t12?,13?,14-/m0/s1. The van der Waals surface area contributed by atoms with Crippen molar-refractivity contribution in [3.8, 4) is 0 Å². The molecule has 1 saturated carbocycles. The lowest BCUT2D eigenvalue weighted by Crippen LogP contribution is -2.25. The lowest BCUT2D eigenvalue weighted by Gasteiger charge is -2.36. The fourth-order valence-corrected chi connectivity index (χ4v) is 4.84. The van der Waals surface area contributed by atoms with Gasteiger partial charge in [0.05, 0.1) is 16.7 Å². The second-order valence-corrected chi connectivity index (χ2v) is 8.56. The van der Waals surface area contributed by atoms with E-state index in [9.17, 15) is 0 Å². The third-order valence-electron chi connectivity index (χ3n) is 5.26. The van der Waals surface area contributed by atoms with Gasteiger partial charge in [-0.3, -0.25) is 0 Å². The van der Waals surface area contributed by atoms with Crippen LogP contribution in [0.2, 0.25) is 0 Å². The van der Waals surface area contributed by atoms with Crippen molar-refractivity contribution in [1.29, 1.82) is 0 Å². The van der Waals surface area contributed by atoms with Crippen molar-refractivity contribution < 1.29 is 0 Å². The molecule has 0 spiro atoms. The highest BCUT2D eigenvalue weighted by Gasteiger charge is 2.31. The second-order valence-electron chi connectivity index (χ2n) is 7.67. The molecule has 0 aromatic carbocycles. The van der Waals surface area contributed by atoms with Crippen LogP contribution in [0.25, 0.3) is 0 Å². The Hall–Kier alpha value is -0.410. The number of nitrogens with zero attached hydrogens (tertiary/aromatic N) is 1. The molecule has 0 unspecified atom stereocenters. The molecule has 0 bridgehead atoms. The predicted octanol–water partition coefficient (Wildman–Crippen LogP) is 4.89. The van der Waals surface area contributed by atoms with Crippen molar-refractivity contribution in [2.24, 2.45) is 11.3 Å². The van der Waals surface area contributed by atoms with Crippen LogP contribution in [0.15, 0.2) is 5.38 Å². The first kappa shape index (κ1) is 14.5. The van der Waals surface area contributed by atoms with E-state index < -0.39 is 0 Å². The molecule has 0 radical (unpaired) electrons. The van der Waals surface area contributed by atoms with Gasteiger partial charge in [-0.15, -0.1) is 11.3 Å². The summed E-state index contributed by atoms with van der Waals surface area (Å²) in [5, 5.41) is 7.26. The lowest BCUT2D eigenvalue weighted by molar-refractivity contribution is 0.169. The number of hydrogen-bond acceptors (Lipinski definition) is 3. The van der Waals surface area contributed by atoms with Gasteiger partial charge in [-0.05, 0) is 56.4 Å². The Balaban J connectivity index is 1.61. The van der Waals surface area contributed by atoms with Crippen molar-refractivity contribution in [1.82, 2.24) is 10.3 Å². The molecule has 2 nitrogen and oxygen atoms in total. The first-order valence-corrected chi connectivity index (χ1v) is 9.10. The average Bonchev–Trinajstić information content (AvgIpc) is 3.09. The van der Waals surface area contributed by atoms with E-state index in [2.05, 4.69) is 31.5 Å². The van der Waals surface area contributed by atoms with Crippen molar-refractivity contribution in [2.75, 3.05) is 6.54 Å². The van der Waals surface area contributed by atoms with Crippen molar-refractivity contribution in [3.63, 3.8) is 0 Å². The van der Waals surface area contributed by atoms with Gasteiger partial charge in [-0.2, -0.15) is 0 Å². The Morgan fingerprint density at radius 1 is 1.15 bits per heavy atom. The van der Waals surface area contributed by atoms with Gasteiger partial charge >= 0.3 is 0 Å². The summed E-state index contributed by atoms with van der Waals surface area (Å²) in [7, 11) is 0. The van der Waals surface area contributed by atoms with Crippen LogP contribution in [0, 0.1) is 11.3 Å². The van der Waals surface area contributed by atoms with Crippen LogP contribution in [0.4, 0.5) is 0 Å². The predicted molar refractivity (Wildman–Crippen MR) is 86.2 cm³/mol. The molecule has 1 atom stereocenters. The summed E-state index contributed by atoms with van der Waals surface area (Å²) in [4.78, 5) is 4.96. The van der Waals surface area contributed by atoms with Gasteiger partial charge in [-0.1, -0.05) is 20.8 Å². The number of hydrogen-bond donors (Lipinski definition) is 1. The number of rotatable bonds is 2. The van der Waals surface area contributed by atoms with E-state index in [0.717, 1.165) is 18.4 Å². The highest BCUT2D eigenvalue weighted by Crippen LogP contribution is 2.44. The molecule has 2 heterocycles. The molecule has 2 fully saturated rings. The molecule has 1 N–H and O–H groups in total. The van der Waals surface area contributed by atoms with Gasteiger partial charge in [0.25, 0.3) is 0 Å². The Morgan fingerprint density at radius 2 is 1.90 bits per heavy atom. The van der Waals surface area contributed by atoms with Gasteiger partial charge in [0, 0.05) is 11.3 Å². The van der Waals surface area contributed by atoms with Crippen LogP contribution >= 0.6 is 11.3 Å². The molecular formula is C17H28N2S. The smallest absolute Gasteiger partial charge is 0.0959 e. The Kier molecular flexibility index (Phi) is 4.19. The largest absolute Gasteiger partial charge is 0.309 e. The van der Waals surface area contributed by atoms with Crippen LogP contribution in [0.1, 0.15) is 82.0 Å². The maximum absolute atomic E-state index is 4.96. The van der Waals surface area contributed by atoms with E-state index in [1.54, 1.807) is 0 Å². The van der Waals surface area contributed by atoms with E-state index in [1.807, 2.05) is 11.3 Å². The van der Waals surface area contributed by atoms with Crippen LogP contribution in [0.3, 0.4) is 0 Å². The Morgan fingerprint density at radius 3 is 2.50 bits per heavy atom. The molecule has 1 aromatic heterocycles. The molecule has 1 aliphatic heterocycles. The average molecular weight is 292 g/mol. The molecule has 2 aliphatic rings. The van der Waals surface area contributed by atoms with Gasteiger partial charge in [0.15, 0.2) is 0 Å². The third-order valence-corrected chi connectivity index (χ3v) is 6.28. The third kappa shape index (κ3) is 3.09. The summed E-state index contributed by atoms with van der Waals surface area (Å²) in [6, 6.07) is 0.533. The summed E-state index contributed by atoms with van der Waals surface area (Å²) < 4.78 is 0. The van der Waals surface area contributed by atoms with Crippen molar-refractivity contribution in [3.05, 3.63) is 16.1 Å². The SMILES string of the molecule is CC(C)(C)C1CCC(c2nc([C@@H]3CCCN3)cs2)CC1. The molecule has 0 amide bonds. The van der Waals surface area contributed by atoms with Gasteiger partial charge in [0.1, 0.15) is 0 Å². The topological polar surface area (TPSA) is 24.9 Å². The van der Waals surface area contributed by atoms with Crippen LogP contribution < -0.4 is 5.32 Å². The van der Waals surface area contributed by atoms with E-state index in [0.29, 0.717) is 11.5 Å². The van der Waals surface area contributed by atoms with Gasteiger partial charge in [0.2, 0.25) is 0 Å². The quantitative estimate of drug-likeness (QED) is 0.839. The Labute approximate surface area is 127 Å². The first-order valence-electron chi connectivity index (χ1n) is 8.23. The number of nitrogens with one attached hydrogen (secondary N) is 1. The van der Waals surface area contributed by atoms with E-state index >= 15 is 0 Å². The van der Waals surface area contributed by atoms with Crippen molar-refractivity contribution >= 4 is 11.3 Å². The highest BCUT2D eigenvalue weighted by molar-refractivity contribution is 7.09. The second kappa shape index (κ2) is 5.76. The zero-order valence-electron chi connectivity index (χ0n) is 13.1. The van der Waals surface area contributed by atoms with Crippen LogP contribution in [0.5, 0.6) is 0 Å². The maximum Gasteiger partial charge on any atom is 0.0959 e. The van der Waals surface area contributed by atoms with E-state index in [1.165, 1.54) is 49.2 Å². The fraction of sp³-hybridized carbons (Fsp3) is 0.824. The summed E-state index contributed by atoms with van der Waals surface area (Å²) in [6.45, 7) is 8.34. The number of thiazole rings is 1. The molecule has 1 aliphatic carbocycles. The minimum Gasteiger partial charge on any atom is -0.309 e. The minimum absolute atomic E-state index is 0.479. The maximum atomic E-state index is 4.96. The summed E-state index contributed by atoms with van der Waals surface area (Å²) >= 11 is 1.90. The van der Waals surface area contributed by atoms with Gasteiger partial charge < -0.3 is 5.32 Å². The summed E-state index contributed by atoms with van der Waals surface area (Å²) in [6.07, 6.45) is 8.00. The van der Waals surface area contributed by atoms with Gasteiger partial charge in [-0.25, -0.2) is 4.98 Å². The van der Waals surface area contributed by atoms with Crippen LogP contribution in [-0.2, 0) is 0 Å². The Bertz CT molecular complexity index is 432. The normalized spacial score (nSPS) is 31.6. The molecule has 3 heteroatoms. The molecular weight excluding hydrogens is 264 g/mol. The lowest BCUT2D eigenvalue weighted by atomic mass is 9.70. The zero-order valence-corrected chi connectivity index (χ0v) is 13.9. The summed E-state index contributed by atoms with van der Waals surface area (Å²) in [5.74, 6) is 1.63. The summed E-state index contributed by atoms with van der Waals surface area (Å²) in [5.41, 5.74) is 1.78. The van der Waals surface area contributed by atoms with E-state index in [-0.39, 0.29) is 0 Å². The molecule has 112 valence electrons. The van der Waals surface area contributed by atoms with Crippen molar-refractivity contribution in [2.45, 2.75) is 71.3 Å². The minimum atomic E-state index is 0.479.